The van der Waals surface area contributed by atoms with Crippen molar-refractivity contribution in [3.05, 3.63) is 38.1 Å². The Morgan fingerprint density at radius 1 is 1.50 bits per heavy atom. The number of hydrogen-bond acceptors (Lipinski definition) is 3. The van der Waals surface area contributed by atoms with Crippen LogP contribution in [-0.4, -0.2) is 10.1 Å². The van der Waals surface area contributed by atoms with E-state index in [2.05, 4.69) is 14.7 Å². The first-order chi connectivity index (χ1) is 6.68. The van der Waals surface area contributed by atoms with Crippen LogP contribution >= 0.6 is 22.6 Å². The quantitative estimate of drug-likeness (QED) is 0.817. The summed E-state index contributed by atoms with van der Waals surface area (Å²) >= 11 is 1.84. The lowest BCUT2D eigenvalue weighted by Crippen LogP contribution is -1.96. The number of nitrogens with one attached hydrogen (secondary N) is 1. The van der Waals surface area contributed by atoms with Crippen LogP contribution in [0.1, 0.15) is 0 Å². The van der Waals surface area contributed by atoms with E-state index in [1.54, 1.807) is 12.1 Å². The number of rotatable bonds is 1. The predicted octanol–water partition coefficient (Wildman–Crippen LogP) is 1.77. The Hall–Kier alpha value is -1.18. The number of aromatic nitrogens is 2. The molecule has 0 fully saturated rings. The Morgan fingerprint density at radius 2 is 2.29 bits per heavy atom. The van der Waals surface area contributed by atoms with Crippen molar-refractivity contribution in [2.75, 3.05) is 0 Å². The van der Waals surface area contributed by atoms with Crippen LogP contribution < -0.4 is 5.76 Å². The van der Waals surface area contributed by atoms with Crippen molar-refractivity contribution in [1.29, 1.82) is 0 Å². The predicted molar refractivity (Wildman–Crippen MR) is 55.2 cm³/mol. The Bertz CT molecular complexity index is 520. The minimum Gasteiger partial charge on any atom is -0.296 e. The molecule has 1 N–H and O–H groups in total. The van der Waals surface area contributed by atoms with E-state index in [0.717, 1.165) is 0 Å². The highest BCUT2D eigenvalue weighted by atomic mass is 127. The van der Waals surface area contributed by atoms with E-state index in [0.29, 0.717) is 9.13 Å². The largest absolute Gasteiger partial charge is 0.439 e. The second kappa shape index (κ2) is 3.52. The second-order valence-electron chi connectivity index (χ2n) is 2.55. The van der Waals surface area contributed by atoms with E-state index >= 15 is 0 Å². The Labute approximate surface area is 91.3 Å². The van der Waals surface area contributed by atoms with E-state index in [1.807, 2.05) is 22.6 Å². The molecule has 0 bridgehead atoms. The van der Waals surface area contributed by atoms with Gasteiger partial charge in [0, 0.05) is 5.56 Å². The number of hydrogen-bond donors (Lipinski definition) is 1. The molecular weight excluding hydrogens is 302 g/mol. The zero-order chi connectivity index (χ0) is 10.1. The number of benzene rings is 1. The molecule has 0 aliphatic rings. The van der Waals surface area contributed by atoms with Crippen LogP contribution in [0.4, 0.5) is 4.39 Å². The highest BCUT2D eigenvalue weighted by molar-refractivity contribution is 14.1. The van der Waals surface area contributed by atoms with E-state index in [4.69, 9.17) is 0 Å². The van der Waals surface area contributed by atoms with E-state index < -0.39 is 5.76 Å². The Balaban J connectivity index is 2.62. The molecule has 14 heavy (non-hydrogen) atoms. The first-order valence-electron chi connectivity index (χ1n) is 3.69. The summed E-state index contributed by atoms with van der Waals surface area (Å²) in [4.78, 5) is 13.0. The number of halogens is 2. The summed E-state index contributed by atoms with van der Waals surface area (Å²) in [5.74, 6) is -0.772. The zero-order valence-corrected chi connectivity index (χ0v) is 8.91. The maximum absolute atomic E-state index is 13.1. The van der Waals surface area contributed by atoms with Gasteiger partial charge in [-0.2, -0.15) is 0 Å². The molecule has 6 heteroatoms. The van der Waals surface area contributed by atoms with Crippen molar-refractivity contribution >= 4 is 22.6 Å². The highest BCUT2D eigenvalue weighted by Crippen LogP contribution is 2.23. The summed E-state index contributed by atoms with van der Waals surface area (Å²) in [6.45, 7) is 0. The molecule has 0 spiro atoms. The summed E-state index contributed by atoms with van der Waals surface area (Å²) in [5, 5.41) is 3.47. The van der Waals surface area contributed by atoms with Crippen LogP contribution in [0.3, 0.4) is 0 Å². The van der Waals surface area contributed by atoms with Gasteiger partial charge in [0.2, 0.25) is 0 Å². The van der Waals surface area contributed by atoms with Gasteiger partial charge in [-0.25, -0.2) is 9.18 Å². The highest BCUT2D eigenvalue weighted by Gasteiger charge is 2.10. The summed E-state index contributed by atoms with van der Waals surface area (Å²) in [7, 11) is 0. The third-order valence-corrected chi connectivity index (χ3v) is 2.74. The van der Waals surface area contributed by atoms with Crippen molar-refractivity contribution < 1.29 is 8.91 Å². The first kappa shape index (κ1) is 9.38. The minimum atomic E-state index is -0.653. The fourth-order valence-corrected chi connectivity index (χ4v) is 1.65. The fourth-order valence-electron chi connectivity index (χ4n) is 1.03. The van der Waals surface area contributed by atoms with Crippen LogP contribution in [0.2, 0.25) is 0 Å². The van der Waals surface area contributed by atoms with E-state index in [-0.39, 0.29) is 11.6 Å². The standard InChI is InChI=1S/C8H4FIN2O2/c9-5-3-1-2-4(6(5)10)7-11-8(13)14-12-7/h1-3H,(H,11,12,13). The molecule has 0 radical (unpaired) electrons. The van der Waals surface area contributed by atoms with Gasteiger partial charge in [-0.05, 0) is 34.7 Å². The third-order valence-electron chi connectivity index (χ3n) is 1.65. The number of nitrogens with zero attached hydrogens (tertiary/aromatic N) is 1. The summed E-state index contributed by atoms with van der Waals surface area (Å²) in [6, 6.07) is 4.53. The molecule has 0 unspecified atom stereocenters. The average Bonchev–Trinajstić information content (AvgIpc) is 2.57. The first-order valence-corrected chi connectivity index (χ1v) is 4.77. The van der Waals surface area contributed by atoms with Gasteiger partial charge in [-0.1, -0.05) is 11.2 Å². The summed E-state index contributed by atoms with van der Waals surface area (Å²) in [6.07, 6.45) is 0. The summed E-state index contributed by atoms with van der Waals surface area (Å²) < 4.78 is 17.8. The molecule has 1 aromatic carbocycles. The Kier molecular flexibility index (Phi) is 2.36. The molecule has 1 heterocycles. The van der Waals surface area contributed by atoms with Crippen LogP contribution in [0.5, 0.6) is 0 Å². The van der Waals surface area contributed by atoms with Crippen molar-refractivity contribution in [3.8, 4) is 11.4 Å². The zero-order valence-electron chi connectivity index (χ0n) is 6.75. The smallest absolute Gasteiger partial charge is 0.296 e. The van der Waals surface area contributed by atoms with Crippen LogP contribution in [-0.2, 0) is 0 Å². The molecule has 1 aromatic heterocycles. The molecule has 2 aromatic rings. The van der Waals surface area contributed by atoms with Gasteiger partial charge in [0.15, 0.2) is 5.82 Å². The maximum Gasteiger partial charge on any atom is 0.439 e. The molecule has 0 atom stereocenters. The number of aromatic amines is 1. The Morgan fingerprint density at radius 3 is 2.93 bits per heavy atom. The second-order valence-corrected chi connectivity index (χ2v) is 3.62. The van der Waals surface area contributed by atoms with Gasteiger partial charge in [-0.3, -0.25) is 9.51 Å². The van der Waals surface area contributed by atoms with Crippen molar-refractivity contribution in [1.82, 2.24) is 10.1 Å². The maximum atomic E-state index is 13.1. The van der Waals surface area contributed by atoms with Crippen LogP contribution in [0.15, 0.2) is 27.5 Å². The summed E-state index contributed by atoms with van der Waals surface area (Å²) in [5.41, 5.74) is 0.511. The molecule has 0 aliphatic carbocycles. The molecule has 0 amide bonds. The van der Waals surface area contributed by atoms with E-state index in [9.17, 15) is 9.18 Å². The van der Waals surface area contributed by atoms with Crippen LogP contribution in [0.25, 0.3) is 11.4 Å². The van der Waals surface area contributed by atoms with Gasteiger partial charge >= 0.3 is 5.76 Å². The molecule has 0 saturated heterocycles. The minimum absolute atomic E-state index is 0.235. The lowest BCUT2D eigenvalue weighted by molar-refractivity contribution is 0.388. The van der Waals surface area contributed by atoms with E-state index in [1.165, 1.54) is 6.07 Å². The van der Waals surface area contributed by atoms with Crippen molar-refractivity contribution in [2.24, 2.45) is 0 Å². The topological polar surface area (TPSA) is 58.9 Å². The van der Waals surface area contributed by atoms with Crippen LogP contribution in [0, 0.1) is 9.39 Å². The lowest BCUT2D eigenvalue weighted by atomic mass is 10.2. The molecule has 0 saturated carbocycles. The van der Waals surface area contributed by atoms with Gasteiger partial charge in [0.1, 0.15) is 5.82 Å². The normalized spacial score (nSPS) is 10.4. The molecular formula is C8H4FIN2O2. The molecule has 72 valence electrons. The molecule has 2 rings (SSSR count). The lowest BCUT2D eigenvalue weighted by Gasteiger charge is -1.99. The third kappa shape index (κ3) is 1.57. The SMILES string of the molecule is O=c1[nH]c(-c2cccc(F)c2I)no1. The van der Waals surface area contributed by atoms with Gasteiger partial charge < -0.3 is 0 Å². The van der Waals surface area contributed by atoms with Gasteiger partial charge in [0.05, 0.1) is 3.57 Å². The monoisotopic (exact) mass is 306 g/mol. The average molecular weight is 306 g/mol. The van der Waals surface area contributed by atoms with Crippen molar-refractivity contribution in [3.63, 3.8) is 0 Å². The number of H-pyrrole nitrogens is 1. The molecule has 4 nitrogen and oxygen atoms in total. The fraction of sp³-hybridized carbons (Fsp3) is 0. The molecule has 0 aliphatic heterocycles. The van der Waals surface area contributed by atoms with Gasteiger partial charge in [-0.15, -0.1) is 0 Å². The van der Waals surface area contributed by atoms with Gasteiger partial charge in [0.25, 0.3) is 0 Å². The van der Waals surface area contributed by atoms with Crippen molar-refractivity contribution in [2.45, 2.75) is 0 Å².